The third kappa shape index (κ3) is 6.10. The molecule has 0 saturated carbocycles. The van der Waals surface area contributed by atoms with Gasteiger partial charge in [0.2, 0.25) is 0 Å². The van der Waals surface area contributed by atoms with Crippen molar-refractivity contribution in [3.63, 3.8) is 0 Å². The normalized spacial score (nSPS) is 10.9. The number of nitrogens with zero attached hydrogens (tertiary/aromatic N) is 2. The summed E-state index contributed by atoms with van der Waals surface area (Å²) in [7, 11) is 0. The lowest BCUT2D eigenvalue weighted by Gasteiger charge is -2.12. The summed E-state index contributed by atoms with van der Waals surface area (Å²) in [5, 5.41) is 4.97. The summed E-state index contributed by atoms with van der Waals surface area (Å²) in [6.45, 7) is 2.67. The van der Waals surface area contributed by atoms with Gasteiger partial charge in [-0.1, -0.05) is 48.5 Å². The minimum Gasteiger partial charge on any atom is -0.490 e. The monoisotopic (exact) mass is 455 g/mol. The van der Waals surface area contributed by atoms with Gasteiger partial charge in [0.05, 0.1) is 12.8 Å². The number of hydrogen-bond donors (Lipinski definition) is 1. The van der Waals surface area contributed by atoms with Crippen LogP contribution >= 0.6 is 0 Å². The molecule has 0 bridgehead atoms. The van der Waals surface area contributed by atoms with Gasteiger partial charge in [0.15, 0.2) is 18.1 Å². The molecule has 0 aliphatic carbocycles. The van der Waals surface area contributed by atoms with Crippen molar-refractivity contribution >= 4 is 23.0 Å². The molecule has 0 unspecified atom stereocenters. The van der Waals surface area contributed by atoms with Crippen LogP contribution in [0.2, 0.25) is 0 Å². The maximum Gasteiger partial charge on any atom is 0.277 e. The maximum atomic E-state index is 12.2. The topological polar surface area (TPSA) is 82.0 Å². The summed E-state index contributed by atoms with van der Waals surface area (Å²) in [5.41, 5.74) is 5.01. The minimum atomic E-state index is -0.378. The Balaban J connectivity index is 1.33. The van der Waals surface area contributed by atoms with E-state index in [1.54, 1.807) is 18.5 Å². The molecule has 3 aromatic carbocycles. The van der Waals surface area contributed by atoms with E-state index in [1.807, 2.05) is 79.7 Å². The van der Waals surface area contributed by atoms with E-state index >= 15 is 0 Å². The second kappa shape index (κ2) is 11.5. The molecule has 0 atom stereocenters. The molecule has 7 nitrogen and oxygen atoms in total. The summed E-state index contributed by atoms with van der Waals surface area (Å²) in [6.07, 6.45) is 3.23. The van der Waals surface area contributed by atoms with Crippen molar-refractivity contribution in [1.82, 2.24) is 10.4 Å². The summed E-state index contributed by atoms with van der Waals surface area (Å²) in [6, 6.07) is 24.8. The molecule has 1 aromatic heterocycles. The van der Waals surface area contributed by atoms with E-state index < -0.39 is 0 Å². The minimum absolute atomic E-state index is 0.177. The number of para-hydroxylation sites is 1. The Morgan fingerprint density at radius 3 is 2.62 bits per heavy atom. The number of hydrogen-bond acceptors (Lipinski definition) is 6. The first kappa shape index (κ1) is 22.8. The fourth-order valence-electron chi connectivity index (χ4n) is 3.27. The van der Waals surface area contributed by atoms with Crippen LogP contribution in [0.4, 0.5) is 0 Å². The highest BCUT2D eigenvalue weighted by Gasteiger charge is 2.08. The van der Waals surface area contributed by atoms with E-state index in [0.29, 0.717) is 36.0 Å². The molecule has 1 heterocycles. The van der Waals surface area contributed by atoms with Crippen molar-refractivity contribution in [2.75, 3.05) is 13.2 Å². The standard InChI is InChI=1S/C27H25N3O4/c1-2-32-25-16-21(13-14-23(25)33-18-20-8-4-3-5-9-20)17-29-30-26(31)19-34-24-12-6-10-22-11-7-15-28-27(22)24/h3-17H,2,18-19H2,1H3,(H,30,31)/b29-17-. The Morgan fingerprint density at radius 2 is 1.76 bits per heavy atom. The molecule has 1 amide bonds. The van der Waals surface area contributed by atoms with Crippen molar-refractivity contribution in [3.05, 3.63) is 96.2 Å². The molecule has 7 heteroatoms. The largest absolute Gasteiger partial charge is 0.490 e. The zero-order valence-corrected chi connectivity index (χ0v) is 18.8. The van der Waals surface area contributed by atoms with E-state index in [0.717, 1.165) is 16.5 Å². The molecule has 1 N–H and O–H groups in total. The third-order valence-electron chi connectivity index (χ3n) is 4.86. The van der Waals surface area contributed by atoms with Crippen molar-refractivity contribution in [1.29, 1.82) is 0 Å². The molecule has 4 aromatic rings. The lowest BCUT2D eigenvalue weighted by Crippen LogP contribution is -2.24. The third-order valence-corrected chi connectivity index (χ3v) is 4.86. The number of aromatic nitrogens is 1. The predicted molar refractivity (Wildman–Crippen MR) is 131 cm³/mol. The molecule has 0 fully saturated rings. The first-order chi connectivity index (χ1) is 16.7. The molecule has 4 rings (SSSR count). The van der Waals surface area contributed by atoms with Gasteiger partial charge < -0.3 is 14.2 Å². The van der Waals surface area contributed by atoms with E-state index in [9.17, 15) is 4.79 Å². The first-order valence-corrected chi connectivity index (χ1v) is 10.9. The highest BCUT2D eigenvalue weighted by atomic mass is 16.5. The number of fused-ring (bicyclic) bond motifs is 1. The molecular weight excluding hydrogens is 430 g/mol. The zero-order valence-electron chi connectivity index (χ0n) is 18.8. The molecule has 34 heavy (non-hydrogen) atoms. The number of pyridine rings is 1. The number of amides is 1. The van der Waals surface area contributed by atoms with Gasteiger partial charge in [-0.2, -0.15) is 5.10 Å². The number of carbonyl (C=O) groups excluding carboxylic acids is 1. The number of benzene rings is 3. The van der Waals surface area contributed by atoms with Gasteiger partial charge in [0.1, 0.15) is 17.9 Å². The fourth-order valence-corrected chi connectivity index (χ4v) is 3.27. The zero-order chi connectivity index (χ0) is 23.6. The van der Waals surface area contributed by atoms with Gasteiger partial charge in [0.25, 0.3) is 5.91 Å². The molecule has 0 saturated heterocycles. The highest BCUT2D eigenvalue weighted by Crippen LogP contribution is 2.29. The lowest BCUT2D eigenvalue weighted by molar-refractivity contribution is -0.123. The quantitative estimate of drug-likeness (QED) is 0.276. The summed E-state index contributed by atoms with van der Waals surface area (Å²) in [5.74, 6) is 1.42. The van der Waals surface area contributed by atoms with Crippen LogP contribution in [-0.4, -0.2) is 30.3 Å². The smallest absolute Gasteiger partial charge is 0.277 e. The lowest BCUT2D eigenvalue weighted by atomic mass is 10.2. The molecule has 0 aliphatic heterocycles. The van der Waals surface area contributed by atoms with Crippen LogP contribution in [-0.2, 0) is 11.4 Å². The Morgan fingerprint density at radius 1 is 0.912 bits per heavy atom. The summed E-state index contributed by atoms with van der Waals surface area (Å²) < 4.78 is 17.3. The molecule has 0 spiro atoms. The number of nitrogens with one attached hydrogen (secondary N) is 1. The summed E-state index contributed by atoms with van der Waals surface area (Å²) in [4.78, 5) is 16.5. The average molecular weight is 456 g/mol. The average Bonchev–Trinajstić information content (AvgIpc) is 2.88. The van der Waals surface area contributed by atoms with E-state index in [2.05, 4.69) is 15.5 Å². The number of ether oxygens (including phenoxy) is 3. The van der Waals surface area contributed by atoms with Crippen molar-refractivity contribution in [2.24, 2.45) is 5.10 Å². The second-order valence-corrected chi connectivity index (χ2v) is 7.33. The van der Waals surface area contributed by atoms with Gasteiger partial charge in [-0.3, -0.25) is 9.78 Å². The van der Waals surface area contributed by atoms with E-state index in [4.69, 9.17) is 14.2 Å². The van der Waals surface area contributed by atoms with Gasteiger partial charge in [-0.05, 0) is 48.4 Å². The van der Waals surface area contributed by atoms with Crippen LogP contribution in [0.3, 0.4) is 0 Å². The SMILES string of the molecule is CCOc1cc(/C=N\NC(=O)COc2cccc3cccnc23)ccc1OCc1ccccc1. The van der Waals surface area contributed by atoms with Crippen LogP contribution in [0.25, 0.3) is 10.9 Å². The molecular formula is C27H25N3O4. The fraction of sp³-hybridized carbons (Fsp3) is 0.148. The van der Waals surface area contributed by atoms with Crippen LogP contribution in [0.15, 0.2) is 90.2 Å². The maximum absolute atomic E-state index is 12.2. The highest BCUT2D eigenvalue weighted by molar-refractivity contribution is 5.86. The summed E-state index contributed by atoms with van der Waals surface area (Å²) >= 11 is 0. The Kier molecular flexibility index (Phi) is 7.69. The number of carbonyl (C=O) groups is 1. The van der Waals surface area contributed by atoms with Gasteiger partial charge in [-0.15, -0.1) is 0 Å². The first-order valence-electron chi connectivity index (χ1n) is 10.9. The van der Waals surface area contributed by atoms with Gasteiger partial charge in [0, 0.05) is 11.6 Å². The van der Waals surface area contributed by atoms with Crippen LogP contribution in [0, 0.1) is 0 Å². The van der Waals surface area contributed by atoms with Crippen molar-refractivity contribution in [3.8, 4) is 17.2 Å². The predicted octanol–water partition coefficient (Wildman–Crippen LogP) is 4.74. The Hall–Kier alpha value is -4.39. The van der Waals surface area contributed by atoms with Crippen molar-refractivity contribution in [2.45, 2.75) is 13.5 Å². The van der Waals surface area contributed by atoms with Crippen molar-refractivity contribution < 1.29 is 19.0 Å². The Labute approximate surface area is 198 Å². The van der Waals surface area contributed by atoms with Gasteiger partial charge >= 0.3 is 0 Å². The Bertz CT molecular complexity index is 1270. The van der Waals surface area contributed by atoms with Crippen LogP contribution in [0.5, 0.6) is 17.2 Å². The number of rotatable bonds is 10. The van der Waals surface area contributed by atoms with Gasteiger partial charge in [-0.25, -0.2) is 5.43 Å². The second-order valence-electron chi connectivity index (χ2n) is 7.33. The van der Waals surface area contributed by atoms with Crippen LogP contribution < -0.4 is 19.6 Å². The molecule has 172 valence electrons. The van der Waals surface area contributed by atoms with E-state index in [-0.39, 0.29) is 12.5 Å². The molecule has 0 aliphatic rings. The number of hydrazone groups is 1. The molecule has 0 radical (unpaired) electrons. The van der Waals surface area contributed by atoms with Crippen LogP contribution in [0.1, 0.15) is 18.1 Å². The van der Waals surface area contributed by atoms with E-state index in [1.165, 1.54) is 0 Å².